The van der Waals surface area contributed by atoms with E-state index in [0.717, 1.165) is 42.9 Å². The summed E-state index contributed by atoms with van der Waals surface area (Å²) in [7, 11) is 3.64. The highest BCUT2D eigenvalue weighted by Gasteiger charge is 2.50. The Labute approximate surface area is 212 Å². The molecule has 2 heterocycles. The fourth-order valence-electron chi connectivity index (χ4n) is 5.30. The maximum atomic E-state index is 12.5. The SMILES string of the molecule is CC(O)C(=O)O.COc1cc2c(cc1CNC1CC(C)CNC1c1ccccc1)N(C)C(=O)C1CC21. The van der Waals surface area contributed by atoms with Crippen molar-refractivity contribution in [3.8, 4) is 5.75 Å². The number of carbonyl (C=O) groups excluding carboxylic acids is 1. The number of fused-ring (bicyclic) bond motifs is 3. The van der Waals surface area contributed by atoms with Crippen molar-refractivity contribution in [3.05, 3.63) is 59.2 Å². The van der Waals surface area contributed by atoms with Crippen LogP contribution in [0.5, 0.6) is 5.75 Å². The van der Waals surface area contributed by atoms with E-state index in [1.807, 2.05) is 11.9 Å². The van der Waals surface area contributed by atoms with E-state index in [2.05, 4.69) is 60.0 Å². The van der Waals surface area contributed by atoms with Crippen LogP contribution in [0.25, 0.3) is 0 Å². The molecule has 1 aliphatic carbocycles. The normalized spacial score (nSPS) is 27.2. The van der Waals surface area contributed by atoms with E-state index < -0.39 is 12.1 Å². The third kappa shape index (κ3) is 5.56. The molecule has 6 atom stereocenters. The Bertz CT molecular complexity index is 1090. The van der Waals surface area contributed by atoms with Crippen LogP contribution < -0.4 is 20.3 Å². The standard InChI is InChI=1S/C25H31N3O2.C3H6O3/c1-15-9-21(24(27-13-15)16-7-5-4-6-8-16)26-14-17-10-22-19(12-23(17)30-3)18-11-20(18)25(29)28(22)2;1-2(4)3(5)6/h4-8,10,12,15,18,20-21,24,26-27H,9,11,13-14H2,1-3H3;2,4H,1H3,(H,5,6). The van der Waals surface area contributed by atoms with E-state index in [4.69, 9.17) is 14.9 Å². The van der Waals surface area contributed by atoms with Crippen LogP contribution in [0.2, 0.25) is 0 Å². The maximum absolute atomic E-state index is 12.5. The van der Waals surface area contributed by atoms with Gasteiger partial charge >= 0.3 is 5.97 Å². The van der Waals surface area contributed by atoms with Gasteiger partial charge in [-0.2, -0.15) is 0 Å². The fourth-order valence-corrected chi connectivity index (χ4v) is 5.30. The Kier molecular flexibility index (Phi) is 7.97. The van der Waals surface area contributed by atoms with Crippen LogP contribution in [-0.2, 0) is 16.1 Å². The van der Waals surface area contributed by atoms with Crippen molar-refractivity contribution in [2.45, 2.75) is 57.3 Å². The second-order valence-corrected chi connectivity index (χ2v) is 10.2. The molecule has 8 heteroatoms. The van der Waals surface area contributed by atoms with Crippen LogP contribution in [0.4, 0.5) is 5.69 Å². The van der Waals surface area contributed by atoms with Gasteiger partial charge in [0.25, 0.3) is 0 Å². The number of benzene rings is 2. The van der Waals surface area contributed by atoms with Crippen molar-refractivity contribution in [2.75, 3.05) is 25.6 Å². The maximum Gasteiger partial charge on any atom is 0.332 e. The first kappa shape index (κ1) is 26.1. The molecule has 0 spiro atoms. The number of aliphatic hydroxyl groups excluding tert-OH is 1. The van der Waals surface area contributed by atoms with Crippen molar-refractivity contribution in [1.82, 2.24) is 10.6 Å². The van der Waals surface area contributed by atoms with Gasteiger partial charge in [-0.25, -0.2) is 4.79 Å². The fraction of sp³-hybridized carbons (Fsp3) is 0.500. The van der Waals surface area contributed by atoms with Crippen molar-refractivity contribution >= 4 is 17.6 Å². The summed E-state index contributed by atoms with van der Waals surface area (Å²) in [6.45, 7) is 5.25. The largest absolute Gasteiger partial charge is 0.496 e. The zero-order valence-corrected chi connectivity index (χ0v) is 21.4. The Morgan fingerprint density at radius 3 is 2.56 bits per heavy atom. The number of piperidine rings is 1. The molecule has 6 unspecified atom stereocenters. The predicted molar refractivity (Wildman–Crippen MR) is 138 cm³/mol. The molecule has 5 rings (SSSR count). The average Bonchev–Trinajstić information content (AvgIpc) is 3.68. The van der Waals surface area contributed by atoms with Gasteiger partial charge in [0.05, 0.1) is 7.11 Å². The summed E-state index contributed by atoms with van der Waals surface area (Å²) < 4.78 is 5.75. The molecule has 0 bridgehead atoms. The second kappa shape index (κ2) is 11.0. The number of hydrogen-bond donors (Lipinski definition) is 4. The molecule has 8 nitrogen and oxygen atoms in total. The molecule has 0 aromatic heterocycles. The molecule has 2 fully saturated rings. The van der Waals surface area contributed by atoms with E-state index in [1.54, 1.807) is 7.11 Å². The highest BCUT2D eigenvalue weighted by molar-refractivity contribution is 6.01. The smallest absolute Gasteiger partial charge is 0.332 e. The number of hydrogen-bond acceptors (Lipinski definition) is 6. The van der Waals surface area contributed by atoms with Gasteiger partial charge in [0.2, 0.25) is 5.91 Å². The number of anilines is 1. The number of ether oxygens (including phenoxy) is 1. The first-order valence-electron chi connectivity index (χ1n) is 12.6. The van der Waals surface area contributed by atoms with Gasteiger partial charge in [0.1, 0.15) is 11.9 Å². The van der Waals surface area contributed by atoms with Crippen molar-refractivity contribution in [2.24, 2.45) is 11.8 Å². The van der Waals surface area contributed by atoms with Gasteiger partial charge in [-0.15, -0.1) is 0 Å². The molecule has 1 saturated carbocycles. The third-order valence-electron chi connectivity index (χ3n) is 7.44. The van der Waals surface area contributed by atoms with E-state index in [-0.39, 0.29) is 11.8 Å². The molecule has 4 N–H and O–H groups in total. The van der Waals surface area contributed by atoms with E-state index >= 15 is 0 Å². The topological polar surface area (TPSA) is 111 Å². The van der Waals surface area contributed by atoms with Crippen molar-refractivity contribution < 1.29 is 24.5 Å². The first-order valence-corrected chi connectivity index (χ1v) is 12.6. The lowest BCUT2D eigenvalue weighted by Gasteiger charge is -2.37. The van der Waals surface area contributed by atoms with Gasteiger partial charge in [-0.1, -0.05) is 37.3 Å². The Hall–Kier alpha value is -2.94. The number of carboxylic acids is 1. The van der Waals surface area contributed by atoms with Crippen LogP contribution >= 0.6 is 0 Å². The summed E-state index contributed by atoms with van der Waals surface area (Å²) in [6, 6.07) is 15.6. The zero-order valence-electron chi connectivity index (χ0n) is 21.4. The number of carboxylic acid groups (broad SMARTS) is 1. The molecule has 2 aromatic rings. The summed E-state index contributed by atoms with van der Waals surface area (Å²) in [5.41, 5.74) is 4.74. The highest BCUT2D eigenvalue weighted by atomic mass is 16.5. The number of carbonyl (C=O) groups is 2. The summed E-state index contributed by atoms with van der Waals surface area (Å²) in [6.07, 6.45) is 0.869. The van der Waals surface area contributed by atoms with E-state index in [1.165, 1.54) is 18.1 Å². The number of nitrogens with zero attached hydrogens (tertiary/aromatic N) is 1. The predicted octanol–water partition coefficient (Wildman–Crippen LogP) is 3.06. The molecular weight excluding hydrogens is 458 g/mol. The minimum Gasteiger partial charge on any atom is -0.496 e. The first-order chi connectivity index (χ1) is 17.2. The Morgan fingerprint density at radius 1 is 1.22 bits per heavy atom. The molecule has 1 saturated heterocycles. The number of methoxy groups -OCH3 is 1. The highest BCUT2D eigenvalue weighted by Crippen LogP contribution is 2.56. The molecule has 194 valence electrons. The Balaban J connectivity index is 0.000000455. The lowest BCUT2D eigenvalue weighted by molar-refractivity contribution is -0.145. The van der Waals surface area contributed by atoms with Crippen LogP contribution in [0.15, 0.2) is 42.5 Å². The van der Waals surface area contributed by atoms with Crippen LogP contribution in [0, 0.1) is 11.8 Å². The molecule has 2 aliphatic heterocycles. The number of aliphatic hydroxyl groups is 1. The number of aliphatic carboxylic acids is 1. The van der Waals surface area contributed by atoms with Crippen LogP contribution in [0.1, 0.15) is 55.3 Å². The lowest BCUT2D eigenvalue weighted by atomic mass is 9.87. The second-order valence-electron chi connectivity index (χ2n) is 10.2. The lowest BCUT2D eigenvalue weighted by Crippen LogP contribution is -2.48. The summed E-state index contributed by atoms with van der Waals surface area (Å²) in [4.78, 5) is 23.8. The van der Waals surface area contributed by atoms with Crippen LogP contribution in [-0.4, -0.2) is 54.9 Å². The molecule has 0 radical (unpaired) electrons. The van der Waals surface area contributed by atoms with Gasteiger partial charge in [-0.3, -0.25) is 4.79 Å². The third-order valence-corrected chi connectivity index (χ3v) is 7.44. The molecule has 2 aromatic carbocycles. The van der Waals surface area contributed by atoms with Crippen molar-refractivity contribution in [3.63, 3.8) is 0 Å². The number of rotatable bonds is 6. The minimum absolute atomic E-state index is 0.178. The number of nitrogens with one attached hydrogen (secondary N) is 2. The average molecular weight is 496 g/mol. The van der Waals surface area contributed by atoms with Gasteiger partial charge in [0.15, 0.2) is 0 Å². The minimum atomic E-state index is -1.23. The molecule has 1 amide bonds. The van der Waals surface area contributed by atoms with Gasteiger partial charge < -0.3 is 30.5 Å². The van der Waals surface area contributed by atoms with E-state index in [9.17, 15) is 9.59 Å². The van der Waals surface area contributed by atoms with E-state index in [0.29, 0.717) is 23.9 Å². The molecular formula is C28H37N3O5. The summed E-state index contributed by atoms with van der Waals surface area (Å²) in [5, 5.41) is 23.3. The summed E-state index contributed by atoms with van der Waals surface area (Å²) >= 11 is 0. The van der Waals surface area contributed by atoms with Crippen molar-refractivity contribution in [1.29, 1.82) is 0 Å². The molecule has 3 aliphatic rings. The molecule has 36 heavy (non-hydrogen) atoms. The number of amides is 1. The van der Waals surface area contributed by atoms with Gasteiger partial charge in [-0.05, 0) is 61.4 Å². The summed E-state index contributed by atoms with van der Waals surface area (Å²) in [5.74, 6) is 1.18. The Morgan fingerprint density at radius 2 is 1.92 bits per heavy atom. The zero-order chi connectivity index (χ0) is 26.0. The quantitative estimate of drug-likeness (QED) is 0.487. The van der Waals surface area contributed by atoms with Crippen LogP contribution in [0.3, 0.4) is 0 Å². The monoisotopic (exact) mass is 495 g/mol. The van der Waals surface area contributed by atoms with Gasteiger partial charge in [0, 0.05) is 42.8 Å².